The Morgan fingerprint density at radius 3 is 1.21 bits per heavy atom. The van der Waals surface area contributed by atoms with Crippen molar-refractivity contribution in [1.82, 2.24) is 9.80 Å². The molecule has 140 valence electrons. The van der Waals surface area contributed by atoms with Gasteiger partial charge in [-0.3, -0.25) is 9.80 Å². The highest BCUT2D eigenvalue weighted by molar-refractivity contribution is 4.91. The van der Waals surface area contributed by atoms with Gasteiger partial charge in [0.25, 0.3) is 0 Å². The number of hydrogen-bond acceptors (Lipinski definition) is 10. The fourth-order valence-corrected chi connectivity index (χ4v) is 3.47. The minimum atomic E-state index is -1.25. The summed E-state index contributed by atoms with van der Waals surface area (Å²) in [6, 6.07) is 0. The summed E-state index contributed by atoms with van der Waals surface area (Å²) in [4.78, 5) is 3.72. The molecule has 10 heteroatoms. The lowest BCUT2D eigenvalue weighted by Gasteiger charge is -2.47. The monoisotopic (exact) mass is 350 g/mol. The molecular formula is C14H26N2O8. The molecule has 2 unspecified atom stereocenters. The van der Waals surface area contributed by atoms with Crippen molar-refractivity contribution in [3.05, 3.63) is 0 Å². The summed E-state index contributed by atoms with van der Waals surface area (Å²) in [5, 5.41) is 58.7. The predicted molar refractivity (Wildman–Crippen MR) is 78.7 cm³/mol. The molecule has 3 aliphatic rings. The topological polar surface area (TPSA) is 146 Å². The molecule has 6 N–H and O–H groups in total. The number of piperazine rings is 1. The summed E-state index contributed by atoms with van der Waals surface area (Å²) >= 11 is 0. The van der Waals surface area contributed by atoms with Gasteiger partial charge in [0, 0.05) is 26.2 Å². The van der Waals surface area contributed by atoms with Crippen LogP contribution >= 0.6 is 0 Å². The van der Waals surface area contributed by atoms with Crippen molar-refractivity contribution in [3.63, 3.8) is 0 Å². The average molecular weight is 350 g/mol. The molecule has 3 saturated heterocycles. The number of nitrogens with zero attached hydrogens (tertiary/aromatic N) is 2. The molecule has 0 aromatic rings. The van der Waals surface area contributed by atoms with Crippen molar-refractivity contribution in [2.45, 2.75) is 49.1 Å². The highest BCUT2D eigenvalue weighted by atomic mass is 16.5. The van der Waals surface area contributed by atoms with E-state index in [9.17, 15) is 30.6 Å². The number of aliphatic hydroxyl groups is 6. The zero-order valence-corrected chi connectivity index (χ0v) is 13.3. The van der Waals surface area contributed by atoms with Crippen LogP contribution in [0.15, 0.2) is 0 Å². The zero-order valence-electron chi connectivity index (χ0n) is 13.3. The Labute approximate surface area is 139 Å². The van der Waals surface area contributed by atoms with Crippen LogP contribution < -0.4 is 0 Å². The van der Waals surface area contributed by atoms with Crippen LogP contribution in [0.4, 0.5) is 0 Å². The molecule has 0 radical (unpaired) electrons. The molecule has 3 rings (SSSR count). The van der Waals surface area contributed by atoms with Crippen molar-refractivity contribution < 1.29 is 40.1 Å². The summed E-state index contributed by atoms with van der Waals surface area (Å²) in [6.45, 7) is 1.90. The largest absolute Gasteiger partial charge is 0.388 e. The van der Waals surface area contributed by atoms with Crippen molar-refractivity contribution in [3.8, 4) is 0 Å². The van der Waals surface area contributed by atoms with Crippen LogP contribution in [0.25, 0.3) is 0 Å². The van der Waals surface area contributed by atoms with Crippen LogP contribution in [0.1, 0.15) is 0 Å². The van der Waals surface area contributed by atoms with Crippen LogP contribution in [0.2, 0.25) is 0 Å². The van der Waals surface area contributed by atoms with E-state index in [0.29, 0.717) is 26.2 Å². The Bertz CT molecular complexity index is 384. The van der Waals surface area contributed by atoms with Crippen LogP contribution in [0, 0.1) is 0 Å². The third-order valence-electron chi connectivity index (χ3n) is 5.02. The van der Waals surface area contributed by atoms with Gasteiger partial charge in [-0.15, -0.1) is 0 Å². The molecule has 0 aliphatic carbocycles. The summed E-state index contributed by atoms with van der Waals surface area (Å²) < 4.78 is 10.9. The van der Waals surface area contributed by atoms with Gasteiger partial charge in [0.2, 0.25) is 0 Å². The van der Waals surface area contributed by atoms with Gasteiger partial charge in [-0.1, -0.05) is 0 Å². The molecule has 0 amide bonds. The van der Waals surface area contributed by atoms with E-state index in [1.807, 2.05) is 9.80 Å². The molecule has 24 heavy (non-hydrogen) atoms. The summed E-state index contributed by atoms with van der Waals surface area (Å²) in [6.07, 6.45) is -8.50. The highest BCUT2D eigenvalue weighted by Gasteiger charge is 2.44. The molecule has 0 saturated carbocycles. The van der Waals surface area contributed by atoms with E-state index >= 15 is 0 Å². The van der Waals surface area contributed by atoms with Crippen molar-refractivity contribution in [2.75, 3.05) is 39.4 Å². The molecule has 3 fully saturated rings. The smallest absolute Gasteiger partial charge is 0.139 e. The third-order valence-corrected chi connectivity index (χ3v) is 5.02. The molecular weight excluding hydrogens is 324 g/mol. The van der Waals surface area contributed by atoms with Crippen molar-refractivity contribution >= 4 is 0 Å². The normalized spacial score (nSPS) is 49.2. The first-order valence-corrected chi connectivity index (χ1v) is 8.20. The number of hydrogen-bond donors (Lipinski definition) is 6. The fourth-order valence-electron chi connectivity index (χ4n) is 3.47. The van der Waals surface area contributed by atoms with Gasteiger partial charge in [0.15, 0.2) is 0 Å². The standard InChI is InChI=1S/C14H26N2O8/c17-7-5-23-13(11(21)9(7)19)15-1-2-16(4-3-15)14-12(22)10(20)8(18)6-24-14/h7-14,17-22H,1-6H2/t7-,8-,9+,10+,11-,12-,13?,14?/m1/s1. The summed E-state index contributed by atoms with van der Waals surface area (Å²) in [5.41, 5.74) is 0. The van der Waals surface area contributed by atoms with Gasteiger partial charge in [-0.25, -0.2) is 0 Å². The van der Waals surface area contributed by atoms with E-state index in [1.54, 1.807) is 0 Å². The fraction of sp³-hybridized carbons (Fsp3) is 1.00. The first-order chi connectivity index (χ1) is 11.4. The molecule has 3 aliphatic heterocycles. The first kappa shape index (κ1) is 18.4. The molecule has 0 bridgehead atoms. The molecule has 0 aromatic carbocycles. The number of aliphatic hydroxyl groups excluding tert-OH is 6. The Kier molecular flexibility index (Phi) is 5.72. The van der Waals surface area contributed by atoms with Crippen LogP contribution in [0.3, 0.4) is 0 Å². The number of rotatable bonds is 2. The minimum Gasteiger partial charge on any atom is -0.388 e. The molecule has 8 atom stereocenters. The first-order valence-electron chi connectivity index (χ1n) is 8.20. The van der Waals surface area contributed by atoms with Gasteiger partial charge in [-0.2, -0.15) is 0 Å². The Balaban J connectivity index is 1.54. The second-order valence-electron chi connectivity index (χ2n) is 6.62. The maximum absolute atomic E-state index is 10.1. The lowest BCUT2D eigenvalue weighted by atomic mass is 10.0. The van der Waals surface area contributed by atoms with E-state index in [-0.39, 0.29) is 13.2 Å². The Hall–Kier alpha value is -0.400. The maximum Gasteiger partial charge on any atom is 0.139 e. The van der Waals surface area contributed by atoms with E-state index < -0.39 is 49.1 Å². The average Bonchev–Trinajstić information content (AvgIpc) is 2.58. The van der Waals surface area contributed by atoms with Crippen molar-refractivity contribution in [1.29, 1.82) is 0 Å². The molecule has 3 heterocycles. The third kappa shape index (κ3) is 3.44. The van der Waals surface area contributed by atoms with E-state index in [1.165, 1.54) is 0 Å². The zero-order chi connectivity index (χ0) is 17.4. The molecule has 0 spiro atoms. The molecule has 0 aromatic heterocycles. The maximum atomic E-state index is 10.1. The lowest BCUT2D eigenvalue weighted by Crippen LogP contribution is -2.65. The SMILES string of the molecule is O[C@H]1[C@H](O)COC(N2CCN(C3OC[C@@H](O)[C@H](O)[C@H]3O)CC2)[C@@H]1O. The van der Waals surface area contributed by atoms with Gasteiger partial charge < -0.3 is 40.1 Å². The lowest BCUT2D eigenvalue weighted by molar-refractivity contribution is -0.249. The summed E-state index contributed by atoms with van der Waals surface area (Å²) in [7, 11) is 0. The van der Waals surface area contributed by atoms with Crippen LogP contribution in [0.5, 0.6) is 0 Å². The van der Waals surface area contributed by atoms with E-state index in [4.69, 9.17) is 9.47 Å². The predicted octanol–water partition coefficient (Wildman–Crippen LogP) is -4.52. The van der Waals surface area contributed by atoms with Gasteiger partial charge in [-0.05, 0) is 0 Å². The summed E-state index contributed by atoms with van der Waals surface area (Å²) in [5.74, 6) is 0. The minimum absolute atomic E-state index is 0.0440. The highest BCUT2D eigenvalue weighted by Crippen LogP contribution is 2.23. The second-order valence-corrected chi connectivity index (χ2v) is 6.62. The van der Waals surface area contributed by atoms with Crippen LogP contribution in [-0.2, 0) is 9.47 Å². The van der Waals surface area contributed by atoms with E-state index in [0.717, 1.165) is 0 Å². The molecule has 10 nitrogen and oxygen atoms in total. The quantitative estimate of drug-likeness (QED) is 0.288. The Morgan fingerprint density at radius 2 is 0.875 bits per heavy atom. The Morgan fingerprint density at radius 1 is 0.542 bits per heavy atom. The van der Waals surface area contributed by atoms with Crippen LogP contribution in [-0.4, -0.2) is 129 Å². The second kappa shape index (κ2) is 7.46. The van der Waals surface area contributed by atoms with E-state index in [2.05, 4.69) is 0 Å². The van der Waals surface area contributed by atoms with Gasteiger partial charge in [0.05, 0.1) is 13.2 Å². The van der Waals surface area contributed by atoms with Gasteiger partial charge in [0.1, 0.15) is 49.1 Å². The van der Waals surface area contributed by atoms with Gasteiger partial charge >= 0.3 is 0 Å². The number of ether oxygens (including phenoxy) is 2. The van der Waals surface area contributed by atoms with Crippen molar-refractivity contribution in [2.24, 2.45) is 0 Å².